The summed E-state index contributed by atoms with van der Waals surface area (Å²) < 4.78 is 39.0. The molecule has 3 aromatic heterocycles. The number of nitrogens with one attached hydrogen (secondary N) is 2. The lowest BCUT2D eigenvalue weighted by atomic mass is 10.0. The highest BCUT2D eigenvalue weighted by Gasteiger charge is 2.34. The van der Waals surface area contributed by atoms with Crippen LogP contribution in [0.1, 0.15) is 50.0 Å². The number of aromatic nitrogens is 4. The average Bonchev–Trinajstić information content (AvgIpc) is 3.29. The maximum atomic E-state index is 13.0. The summed E-state index contributed by atoms with van der Waals surface area (Å²) in [6, 6.07) is 2.02. The van der Waals surface area contributed by atoms with E-state index in [1.165, 1.54) is 18.6 Å². The molecule has 0 aliphatic heterocycles. The number of hydrogen-bond donors (Lipinski definition) is 3. The molecule has 0 aromatic carbocycles. The molecule has 0 aliphatic carbocycles. The van der Waals surface area contributed by atoms with Gasteiger partial charge in [0, 0.05) is 24.6 Å². The average molecular weight is 528 g/mol. The normalized spacial score (nSPS) is 12.1. The molecule has 0 fully saturated rings. The summed E-state index contributed by atoms with van der Waals surface area (Å²) in [6.07, 6.45) is -1.47. The van der Waals surface area contributed by atoms with Crippen molar-refractivity contribution < 1.29 is 27.6 Å². The summed E-state index contributed by atoms with van der Waals surface area (Å²) >= 11 is 6.52. The van der Waals surface area contributed by atoms with Gasteiger partial charge in [-0.3, -0.25) is 14.4 Å². The lowest BCUT2D eigenvalue weighted by Gasteiger charge is -2.10. The highest BCUT2D eigenvalue weighted by molar-refractivity contribution is 7.13. The van der Waals surface area contributed by atoms with Crippen LogP contribution in [0.2, 0.25) is 5.02 Å². The number of hydrogen-bond acceptors (Lipinski definition) is 9. The van der Waals surface area contributed by atoms with Crippen molar-refractivity contribution in [2.75, 3.05) is 17.2 Å². The van der Waals surface area contributed by atoms with E-state index in [0.29, 0.717) is 11.1 Å². The zero-order chi connectivity index (χ0) is 25.8. The fraction of sp³-hybridized carbons (Fsp3) is 0.250. The standard InChI is InChI=1S/C20H17ClF3N7O3S/c1-9(2-13(32)12-4-16(30-8-29-12)27-7-15(25)33)19-28-6-14(35-19)18(34)31-17-3-10(20(22,23)24)11(21)5-26-17/h3-6,8-9H,2,7H2,1H3,(H2,25,33)(H,26,31,34)(H,27,29,30). The number of alkyl halides is 3. The van der Waals surface area contributed by atoms with E-state index < -0.39 is 34.5 Å². The molecule has 0 saturated heterocycles. The van der Waals surface area contributed by atoms with E-state index in [9.17, 15) is 27.6 Å². The predicted molar refractivity (Wildman–Crippen MR) is 121 cm³/mol. The van der Waals surface area contributed by atoms with E-state index in [0.717, 1.165) is 17.5 Å². The van der Waals surface area contributed by atoms with Gasteiger partial charge in [0.1, 0.15) is 28.5 Å². The molecule has 2 amide bonds. The zero-order valence-electron chi connectivity index (χ0n) is 17.9. The van der Waals surface area contributed by atoms with Crippen molar-refractivity contribution in [1.82, 2.24) is 19.9 Å². The van der Waals surface area contributed by atoms with Crippen LogP contribution in [0.25, 0.3) is 0 Å². The first kappa shape index (κ1) is 26.0. The minimum Gasteiger partial charge on any atom is -0.368 e. The summed E-state index contributed by atoms with van der Waals surface area (Å²) in [7, 11) is 0. The fourth-order valence-electron chi connectivity index (χ4n) is 2.78. The second-order valence-corrected chi connectivity index (χ2v) is 8.67. The molecule has 0 radical (unpaired) electrons. The van der Waals surface area contributed by atoms with Gasteiger partial charge in [0.05, 0.1) is 28.3 Å². The number of pyridine rings is 1. The Morgan fingerprint density at radius 3 is 2.54 bits per heavy atom. The molecule has 1 atom stereocenters. The van der Waals surface area contributed by atoms with Gasteiger partial charge in [-0.25, -0.2) is 19.9 Å². The molecule has 15 heteroatoms. The number of thiazole rings is 1. The molecule has 1 unspecified atom stereocenters. The number of carbonyl (C=O) groups is 3. The van der Waals surface area contributed by atoms with Gasteiger partial charge in [-0.05, 0) is 6.07 Å². The van der Waals surface area contributed by atoms with Gasteiger partial charge in [0.25, 0.3) is 5.91 Å². The Morgan fingerprint density at radius 1 is 1.11 bits per heavy atom. The molecule has 4 N–H and O–H groups in total. The number of nitrogens with two attached hydrogens (primary N) is 1. The van der Waals surface area contributed by atoms with Crippen molar-refractivity contribution in [3.8, 4) is 0 Å². The molecular weight excluding hydrogens is 511 g/mol. The van der Waals surface area contributed by atoms with Crippen molar-refractivity contribution in [3.05, 3.63) is 57.0 Å². The van der Waals surface area contributed by atoms with Gasteiger partial charge in [-0.15, -0.1) is 11.3 Å². The molecule has 3 aromatic rings. The summed E-state index contributed by atoms with van der Waals surface area (Å²) in [6.45, 7) is 1.57. The zero-order valence-corrected chi connectivity index (χ0v) is 19.5. The third-order valence-electron chi connectivity index (χ3n) is 4.46. The minimum atomic E-state index is -4.71. The van der Waals surface area contributed by atoms with Crippen molar-refractivity contribution in [1.29, 1.82) is 0 Å². The van der Waals surface area contributed by atoms with Crippen LogP contribution in [0.3, 0.4) is 0 Å². The Kier molecular flexibility index (Phi) is 7.96. The number of carbonyl (C=O) groups excluding carboxylic acids is 3. The van der Waals surface area contributed by atoms with Crippen LogP contribution in [0.5, 0.6) is 0 Å². The quantitative estimate of drug-likeness (QED) is 0.357. The van der Waals surface area contributed by atoms with Gasteiger partial charge in [-0.2, -0.15) is 13.2 Å². The number of amides is 2. The van der Waals surface area contributed by atoms with E-state index in [-0.39, 0.29) is 41.0 Å². The minimum absolute atomic E-state index is 0.00846. The largest absolute Gasteiger partial charge is 0.418 e. The van der Waals surface area contributed by atoms with Crippen LogP contribution in [0.4, 0.5) is 24.8 Å². The number of Topliss-reactive ketones (excluding diaryl/α,β-unsaturated/α-hetero) is 1. The van der Waals surface area contributed by atoms with Crippen molar-refractivity contribution in [2.45, 2.75) is 25.4 Å². The van der Waals surface area contributed by atoms with Crippen LogP contribution in [-0.2, 0) is 11.0 Å². The molecule has 0 bridgehead atoms. The van der Waals surface area contributed by atoms with Crippen LogP contribution in [0.15, 0.2) is 30.9 Å². The van der Waals surface area contributed by atoms with Crippen LogP contribution in [-0.4, -0.2) is 44.1 Å². The number of anilines is 2. The second kappa shape index (κ2) is 10.7. The molecule has 0 saturated carbocycles. The summed E-state index contributed by atoms with van der Waals surface area (Å²) in [4.78, 5) is 51.8. The molecule has 10 nitrogen and oxygen atoms in total. The smallest absolute Gasteiger partial charge is 0.368 e. The van der Waals surface area contributed by atoms with E-state index in [2.05, 4.69) is 30.6 Å². The van der Waals surface area contributed by atoms with Crippen molar-refractivity contribution in [2.24, 2.45) is 5.73 Å². The first-order chi connectivity index (χ1) is 16.4. The van der Waals surface area contributed by atoms with Crippen LogP contribution >= 0.6 is 22.9 Å². The van der Waals surface area contributed by atoms with E-state index in [4.69, 9.17) is 17.3 Å². The first-order valence-corrected chi connectivity index (χ1v) is 11.0. The predicted octanol–water partition coefficient (Wildman–Crippen LogP) is 3.53. The number of nitrogens with zero attached hydrogens (tertiary/aromatic N) is 4. The van der Waals surface area contributed by atoms with Gasteiger partial charge in [-0.1, -0.05) is 18.5 Å². The lowest BCUT2D eigenvalue weighted by molar-refractivity contribution is -0.137. The Hall–Kier alpha value is -3.65. The van der Waals surface area contributed by atoms with Gasteiger partial charge < -0.3 is 16.4 Å². The highest BCUT2D eigenvalue weighted by Crippen LogP contribution is 2.35. The lowest BCUT2D eigenvalue weighted by Crippen LogP contribution is -2.22. The highest BCUT2D eigenvalue weighted by atomic mass is 35.5. The molecule has 184 valence electrons. The van der Waals surface area contributed by atoms with E-state index >= 15 is 0 Å². The summed E-state index contributed by atoms with van der Waals surface area (Å²) in [5.41, 5.74) is 4.05. The number of ketones is 1. The third kappa shape index (κ3) is 6.93. The van der Waals surface area contributed by atoms with Crippen molar-refractivity contribution >= 4 is 52.2 Å². The van der Waals surface area contributed by atoms with Crippen LogP contribution < -0.4 is 16.4 Å². The third-order valence-corrected chi connectivity index (χ3v) is 5.99. The Morgan fingerprint density at radius 2 is 1.86 bits per heavy atom. The van der Waals surface area contributed by atoms with Crippen LogP contribution in [0, 0.1) is 0 Å². The maximum Gasteiger partial charge on any atom is 0.418 e. The number of rotatable bonds is 9. The van der Waals surface area contributed by atoms with E-state index in [1.54, 1.807) is 6.92 Å². The molecule has 35 heavy (non-hydrogen) atoms. The topological polar surface area (TPSA) is 153 Å². The van der Waals surface area contributed by atoms with Gasteiger partial charge in [0.15, 0.2) is 5.78 Å². The first-order valence-electron chi connectivity index (χ1n) is 9.81. The fourth-order valence-corrected chi connectivity index (χ4v) is 3.85. The van der Waals surface area contributed by atoms with Gasteiger partial charge in [0.2, 0.25) is 5.91 Å². The number of halogens is 4. The molecule has 0 spiro atoms. The van der Waals surface area contributed by atoms with E-state index in [1.807, 2.05) is 0 Å². The van der Waals surface area contributed by atoms with Gasteiger partial charge >= 0.3 is 6.18 Å². The summed E-state index contributed by atoms with van der Waals surface area (Å²) in [5.74, 6) is -2.09. The summed E-state index contributed by atoms with van der Waals surface area (Å²) in [5, 5.41) is 4.82. The molecule has 3 heterocycles. The second-order valence-electron chi connectivity index (χ2n) is 7.20. The van der Waals surface area contributed by atoms with Crippen molar-refractivity contribution in [3.63, 3.8) is 0 Å². The SMILES string of the molecule is CC(CC(=O)c1cc(NCC(N)=O)ncn1)c1ncc(C(=O)Nc2cc(C(F)(F)F)c(Cl)cn2)s1. The Bertz CT molecular complexity index is 1270. The Balaban J connectivity index is 1.65. The monoisotopic (exact) mass is 527 g/mol. The number of primary amides is 1. The maximum absolute atomic E-state index is 13.0. The molecule has 3 rings (SSSR count). The molecular formula is C20H17ClF3N7O3S. The molecule has 0 aliphatic rings. The Labute approximate surface area is 205 Å².